The molecule has 2 aliphatic heterocycles. The highest BCUT2D eigenvalue weighted by Gasteiger charge is 2.30. The van der Waals surface area contributed by atoms with Gasteiger partial charge in [-0.15, -0.1) is 0 Å². The number of nitrogens with zero attached hydrogens (tertiary/aromatic N) is 3. The third-order valence-corrected chi connectivity index (χ3v) is 6.61. The van der Waals surface area contributed by atoms with Crippen molar-refractivity contribution in [1.29, 1.82) is 0 Å². The summed E-state index contributed by atoms with van der Waals surface area (Å²) in [7, 11) is 0. The highest BCUT2D eigenvalue weighted by Crippen LogP contribution is 2.25. The average Bonchev–Trinajstić information content (AvgIpc) is 3.31. The number of ketones is 1. The highest BCUT2D eigenvalue weighted by atomic mass is 16.2. The second kappa shape index (κ2) is 11.2. The number of aryl methyl sites for hydroxylation is 2. The molecule has 0 aliphatic carbocycles. The van der Waals surface area contributed by atoms with Gasteiger partial charge in [0.1, 0.15) is 18.0 Å². The fourth-order valence-corrected chi connectivity index (χ4v) is 4.89. The lowest BCUT2D eigenvalue weighted by Gasteiger charge is -2.25. The molecule has 2 aliphatic rings. The summed E-state index contributed by atoms with van der Waals surface area (Å²) in [6, 6.07) is 7.48. The van der Waals surface area contributed by atoms with Crippen LogP contribution in [0.5, 0.6) is 0 Å². The third-order valence-electron chi connectivity index (χ3n) is 6.61. The fraction of sp³-hybridized carbons (Fsp3) is 0.500. The van der Waals surface area contributed by atoms with Gasteiger partial charge in [0, 0.05) is 43.6 Å². The second-order valence-electron chi connectivity index (χ2n) is 9.25. The number of pyridine rings is 2. The molecule has 0 spiro atoms. The monoisotopic (exact) mass is 463 g/mol. The number of Topliss-reactive ketones (excluding diaryl/α,β-unsaturated/α-hetero) is 1. The Labute approximate surface area is 200 Å². The molecule has 1 saturated heterocycles. The van der Waals surface area contributed by atoms with Crippen molar-refractivity contribution in [3.8, 4) is 0 Å². The Morgan fingerprint density at radius 1 is 1.24 bits per heavy atom. The van der Waals surface area contributed by atoms with E-state index in [-0.39, 0.29) is 36.5 Å². The summed E-state index contributed by atoms with van der Waals surface area (Å²) in [5.74, 6) is 0.431. The van der Waals surface area contributed by atoms with Crippen molar-refractivity contribution in [2.75, 3.05) is 18.4 Å². The molecule has 1 fully saturated rings. The Hall–Kier alpha value is -3.29. The molecule has 0 saturated carbocycles. The Balaban J connectivity index is 1.31. The molecule has 2 unspecified atom stereocenters. The van der Waals surface area contributed by atoms with Gasteiger partial charge in [-0.25, -0.2) is 4.98 Å². The molecule has 0 radical (unpaired) electrons. The molecule has 0 aromatic carbocycles. The Morgan fingerprint density at radius 2 is 2.12 bits per heavy atom. The summed E-state index contributed by atoms with van der Waals surface area (Å²) in [5, 5.41) is 6.23. The van der Waals surface area contributed by atoms with Crippen LogP contribution >= 0.6 is 0 Å². The van der Waals surface area contributed by atoms with E-state index < -0.39 is 6.04 Å². The number of anilines is 1. The Morgan fingerprint density at radius 3 is 2.91 bits per heavy atom. The zero-order valence-corrected chi connectivity index (χ0v) is 19.8. The summed E-state index contributed by atoms with van der Waals surface area (Å²) < 4.78 is 0. The fourth-order valence-electron chi connectivity index (χ4n) is 4.89. The summed E-state index contributed by atoms with van der Waals surface area (Å²) in [4.78, 5) is 48.0. The molecular formula is C26H33N5O3. The molecule has 2 atom stereocenters. The quantitative estimate of drug-likeness (QED) is 0.554. The minimum atomic E-state index is -0.482. The topological polar surface area (TPSA) is 104 Å². The SMILES string of the molecule is CC(=O)CC(NC(=O)CC(=O)N1CCCC1CCc1ccc2c(n1)NCCC2)c1cccnc1. The van der Waals surface area contributed by atoms with Crippen LogP contribution < -0.4 is 10.6 Å². The van der Waals surface area contributed by atoms with Crippen molar-refractivity contribution in [3.63, 3.8) is 0 Å². The van der Waals surface area contributed by atoms with E-state index in [1.165, 1.54) is 12.5 Å². The highest BCUT2D eigenvalue weighted by molar-refractivity contribution is 5.97. The zero-order chi connectivity index (χ0) is 23.9. The van der Waals surface area contributed by atoms with Crippen molar-refractivity contribution >= 4 is 23.4 Å². The van der Waals surface area contributed by atoms with Crippen LogP contribution in [-0.2, 0) is 27.2 Å². The van der Waals surface area contributed by atoms with Gasteiger partial charge >= 0.3 is 0 Å². The van der Waals surface area contributed by atoms with Gasteiger partial charge in [0.25, 0.3) is 0 Å². The van der Waals surface area contributed by atoms with Gasteiger partial charge in [-0.2, -0.15) is 0 Å². The number of amides is 2. The van der Waals surface area contributed by atoms with Gasteiger partial charge in [0.2, 0.25) is 11.8 Å². The van der Waals surface area contributed by atoms with E-state index in [9.17, 15) is 14.4 Å². The lowest BCUT2D eigenvalue weighted by Crippen LogP contribution is -2.40. The van der Waals surface area contributed by atoms with E-state index in [0.29, 0.717) is 6.54 Å². The van der Waals surface area contributed by atoms with Gasteiger partial charge < -0.3 is 15.5 Å². The van der Waals surface area contributed by atoms with E-state index in [1.54, 1.807) is 18.5 Å². The summed E-state index contributed by atoms with van der Waals surface area (Å²) in [6.07, 6.45) is 8.96. The maximum absolute atomic E-state index is 13.0. The Bertz CT molecular complexity index is 1030. The molecule has 4 heterocycles. The van der Waals surface area contributed by atoms with Crippen LogP contribution in [0.1, 0.15) is 68.3 Å². The molecule has 180 valence electrons. The van der Waals surface area contributed by atoms with Crippen molar-refractivity contribution in [3.05, 3.63) is 53.5 Å². The lowest BCUT2D eigenvalue weighted by atomic mass is 10.0. The van der Waals surface area contributed by atoms with Gasteiger partial charge in [0.05, 0.1) is 6.04 Å². The number of fused-ring (bicyclic) bond motifs is 1. The molecule has 2 N–H and O–H groups in total. The molecular weight excluding hydrogens is 430 g/mol. The number of hydrogen-bond donors (Lipinski definition) is 2. The molecule has 2 aromatic heterocycles. The zero-order valence-electron chi connectivity index (χ0n) is 19.8. The van der Waals surface area contributed by atoms with Crippen molar-refractivity contribution in [2.45, 2.75) is 70.4 Å². The first-order chi connectivity index (χ1) is 16.5. The number of likely N-dealkylation sites (tertiary alicyclic amines) is 1. The van der Waals surface area contributed by atoms with Gasteiger partial charge in [0.15, 0.2) is 0 Å². The average molecular weight is 464 g/mol. The van der Waals surface area contributed by atoms with Crippen LogP contribution in [0, 0.1) is 0 Å². The molecule has 34 heavy (non-hydrogen) atoms. The van der Waals surface area contributed by atoms with Gasteiger partial charge in [-0.05, 0) is 68.7 Å². The number of carbonyl (C=O) groups excluding carboxylic acids is 3. The van der Waals surface area contributed by atoms with Crippen LogP contribution in [-0.4, -0.2) is 51.6 Å². The Kier molecular flexibility index (Phi) is 7.87. The first kappa shape index (κ1) is 23.9. The van der Waals surface area contributed by atoms with Crippen LogP contribution in [0.2, 0.25) is 0 Å². The summed E-state index contributed by atoms with van der Waals surface area (Å²) >= 11 is 0. The minimum Gasteiger partial charge on any atom is -0.370 e. The number of rotatable bonds is 9. The number of nitrogens with one attached hydrogen (secondary N) is 2. The van der Waals surface area contributed by atoms with Crippen molar-refractivity contribution < 1.29 is 14.4 Å². The molecule has 4 rings (SSSR count). The number of aromatic nitrogens is 2. The molecule has 2 aromatic rings. The normalized spacial score (nSPS) is 18.0. The maximum Gasteiger partial charge on any atom is 0.232 e. The van der Waals surface area contributed by atoms with Crippen molar-refractivity contribution in [1.82, 2.24) is 20.2 Å². The molecule has 8 heteroatoms. The van der Waals surface area contributed by atoms with Gasteiger partial charge in [-0.1, -0.05) is 12.1 Å². The standard InChI is InChI=1S/C26H33N5O3/c1-18(32)15-23(20-6-2-12-27-17-20)30-24(33)16-25(34)31-14-4-7-22(31)11-10-21-9-8-19-5-3-13-28-26(19)29-21/h2,6,8-9,12,17,22-23H,3-5,7,10-11,13-16H2,1H3,(H,28,29)(H,30,33). The van der Waals surface area contributed by atoms with Crippen LogP contribution in [0.25, 0.3) is 0 Å². The van der Waals surface area contributed by atoms with E-state index in [0.717, 1.165) is 62.1 Å². The third kappa shape index (κ3) is 6.18. The molecule has 8 nitrogen and oxygen atoms in total. The van der Waals surface area contributed by atoms with E-state index in [1.807, 2.05) is 11.0 Å². The van der Waals surface area contributed by atoms with Gasteiger partial charge in [-0.3, -0.25) is 19.4 Å². The van der Waals surface area contributed by atoms with Crippen LogP contribution in [0.4, 0.5) is 5.82 Å². The van der Waals surface area contributed by atoms with E-state index in [2.05, 4.69) is 27.8 Å². The molecule has 2 amide bonds. The predicted octanol–water partition coefficient (Wildman–Crippen LogP) is 2.99. The molecule has 0 bridgehead atoms. The van der Waals surface area contributed by atoms with Crippen LogP contribution in [0.3, 0.4) is 0 Å². The van der Waals surface area contributed by atoms with Crippen molar-refractivity contribution in [2.24, 2.45) is 0 Å². The second-order valence-corrected chi connectivity index (χ2v) is 9.25. The van der Waals surface area contributed by atoms with Crippen LogP contribution in [0.15, 0.2) is 36.7 Å². The smallest absolute Gasteiger partial charge is 0.232 e. The van der Waals surface area contributed by atoms with E-state index in [4.69, 9.17) is 4.98 Å². The summed E-state index contributed by atoms with van der Waals surface area (Å²) in [5.41, 5.74) is 3.06. The number of hydrogen-bond acceptors (Lipinski definition) is 6. The predicted molar refractivity (Wildman–Crippen MR) is 129 cm³/mol. The summed E-state index contributed by atoms with van der Waals surface area (Å²) in [6.45, 7) is 3.13. The first-order valence-corrected chi connectivity index (χ1v) is 12.2. The number of carbonyl (C=O) groups is 3. The maximum atomic E-state index is 13.0. The first-order valence-electron chi connectivity index (χ1n) is 12.2. The van der Waals surface area contributed by atoms with E-state index >= 15 is 0 Å². The minimum absolute atomic E-state index is 0.0360. The largest absolute Gasteiger partial charge is 0.370 e. The lowest BCUT2D eigenvalue weighted by molar-refractivity contribution is -0.137.